The van der Waals surface area contributed by atoms with E-state index in [1.807, 2.05) is 0 Å². The maximum absolute atomic E-state index is 13.6. The summed E-state index contributed by atoms with van der Waals surface area (Å²) in [6.45, 7) is 0.559. The molecule has 1 N–H and O–H groups in total. The molecule has 0 spiro atoms. The number of hydrogen-bond donors (Lipinski definition) is 1. The van der Waals surface area contributed by atoms with Gasteiger partial charge < -0.3 is 10.1 Å². The highest BCUT2D eigenvalue weighted by molar-refractivity contribution is 7.92. The number of sulfonamides is 1. The monoisotopic (exact) mass is 398 g/mol. The number of hydrogen-bond acceptors (Lipinski definition) is 5. The lowest BCUT2D eigenvalue weighted by atomic mass is 10.3. The molecule has 7 nitrogen and oxygen atoms in total. The Labute approximate surface area is 154 Å². The lowest BCUT2D eigenvalue weighted by Crippen LogP contribution is -2.36. The Hall–Kier alpha value is -3.01. The molecule has 144 valence electrons. The van der Waals surface area contributed by atoms with Crippen molar-refractivity contribution in [2.45, 2.75) is 11.8 Å². The third kappa shape index (κ3) is 4.79. The van der Waals surface area contributed by atoms with Crippen LogP contribution in [-0.4, -0.2) is 33.9 Å². The van der Waals surface area contributed by atoms with E-state index in [9.17, 15) is 26.8 Å². The predicted molar refractivity (Wildman–Crippen MR) is 93.7 cm³/mol. The number of nitrogens with zero attached hydrogens (tertiary/aromatic N) is 1. The molecule has 0 fully saturated rings. The number of rotatable bonds is 6. The van der Waals surface area contributed by atoms with Gasteiger partial charge in [0.25, 0.3) is 10.0 Å². The smallest absolute Gasteiger partial charge is 0.326 e. The molecule has 0 heterocycles. The molecule has 1 amide bonds. The molecule has 0 unspecified atom stereocenters. The Morgan fingerprint density at radius 3 is 2.22 bits per heavy atom. The number of ether oxygens (including phenoxy) is 1. The van der Waals surface area contributed by atoms with Gasteiger partial charge in [0.2, 0.25) is 5.91 Å². The second kappa shape index (κ2) is 8.12. The van der Waals surface area contributed by atoms with Gasteiger partial charge >= 0.3 is 5.97 Å². The van der Waals surface area contributed by atoms with Crippen LogP contribution in [0, 0.1) is 11.6 Å². The number of benzene rings is 2. The second-order valence-corrected chi connectivity index (χ2v) is 7.25. The molecule has 2 aromatic rings. The summed E-state index contributed by atoms with van der Waals surface area (Å²) in [6, 6.07) is 7.59. The summed E-state index contributed by atoms with van der Waals surface area (Å²) in [7, 11) is -3.23. The fourth-order valence-corrected chi connectivity index (χ4v) is 3.58. The third-order valence-corrected chi connectivity index (χ3v) is 5.24. The second-order valence-electron chi connectivity index (χ2n) is 5.39. The van der Waals surface area contributed by atoms with E-state index in [0.717, 1.165) is 19.2 Å². The number of halogens is 2. The van der Waals surface area contributed by atoms with E-state index in [-0.39, 0.29) is 16.5 Å². The van der Waals surface area contributed by atoms with Gasteiger partial charge in [-0.3, -0.25) is 13.9 Å². The van der Waals surface area contributed by atoms with E-state index in [1.165, 1.54) is 31.2 Å². The van der Waals surface area contributed by atoms with Crippen molar-refractivity contribution < 1.29 is 31.5 Å². The molecule has 27 heavy (non-hydrogen) atoms. The fourth-order valence-electron chi connectivity index (χ4n) is 2.18. The number of anilines is 2. The molecule has 0 saturated heterocycles. The van der Waals surface area contributed by atoms with Crippen LogP contribution >= 0.6 is 0 Å². The molecule has 2 aromatic carbocycles. The SMILES string of the molecule is COC(=O)CN(c1ccc(F)c(F)c1)S(=O)(=O)c1ccc(NC(C)=O)cc1. The van der Waals surface area contributed by atoms with Crippen molar-refractivity contribution in [3.8, 4) is 0 Å². The van der Waals surface area contributed by atoms with Crippen molar-refractivity contribution >= 4 is 33.3 Å². The molecule has 0 aliphatic rings. The molecule has 0 atom stereocenters. The molecule has 0 saturated carbocycles. The number of methoxy groups -OCH3 is 1. The molecule has 0 bridgehead atoms. The minimum atomic E-state index is -4.30. The maximum atomic E-state index is 13.6. The van der Waals surface area contributed by atoms with Gasteiger partial charge in [-0.2, -0.15) is 0 Å². The first-order chi connectivity index (χ1) is 12.6. The van der Waals surface area contributed by atoms with E-state index in [2.05, 4.69) is 10.1 Å². The van der Waals surface area contributed by atoms with Crippen LogP contribution in [0.3, 0.4) is 0 Å². The third-order valence-electron chi connectivity index (χ3n) is 3.45. The summed E-state index contributed by atoms with van der Waals surface area (Å²) in [4.78, 5) is 22.5. The van der Waals surface area contributed by atoms with Crippen LogP contribution in [0.1, 0.15) is 6.92 Å². The highest BCUT2D eigenvalue weighted by Gasteiger charge is 2.28. The van der Waals surface area contributed by atoms with Gasteiger partial charge in [0.05, 0.1) is 17.7 Å². The number of amides is 1. The number of esters is 1. The van der Waals surface area contributed by atoms with Crippen molar-refractivity contribution in [2.24, 2.45) is 0 Å². The molecule has 0 radical (unpaired) electrons. The summed E-state index contributed by atoms with van der Waals surface area (Å²) >= 11 is 0. The van der Waals surface area contributed by atoms with E-state index in [4.69, 9.17) is 0 Å². The predicted octanol–water partition coefficient (Wildman–Crippen LogP) is 2.29. The number of carbonyl (C=O) groups is 2. The first kappa shape index (κ1) is 20.3. The highest BCUT2D eigenvalue weighted by Crippen LogP contribution is 2.26. The summed E-state index contributed by atoms with van der Waals surface area (Å²) in [6.07, 6.45) is 0. The van der Waals surface area contributed by atoms with Gasteiger partial charge in [-0.25, -0.2) is 17.2 Å². The first-order valence-electron chi connectivity index (χ1n) is 7.57. The van der Waals surface area contributed by atoms with Crippen LogP contribution in [0.2, 0.25) is 0 Å². The van der Waals surface area contributed by atoms with Crippen molar-refractivity contribution in [1.82, 2.24) is 0 Å². The van der Waals surface area contributed by atoms with Crippen molar-refractivity contribution in [2.75, 3.05) is 23.3 Å². The topological polar surface area (TPSA) is 92.8 Å². The normalized spacial score (nSPS) is 11.0. The Kier molecular flexibility index (Phi) is 6.11. The average molecular weight is 398 g/mol. The summed E-state index contributed by atoms with van der Waals surface area (Å²) in [5, 5.41) is 2.49. The van der Waals surface area contributed by atoms with E-state index in [1.54, 1.807) is 0 Å². The Bertz CT molecular complexity index is 962. The van der Waals surface area contributed by atoms with Crippen LogP contribution in [0.4, 0.5) is 20.2 Å². The van der Waals surface area contributed by atoms with Crippen LogP contribution in [0.15, 0.2) is 47.4 Å². The molecular formula is C17H16F2N2O5S. The van der Waals surface area contributed by atoms with Crippen molar-refractivity contribution in [3.05, 3.63) is 54.1 Å². The minimum absolute atomic E-state index is 0.217. The van der Waals surface area contributed by atoms with E-state index < -0.39 is 34.2 Å². The lowest BCUT2D eigenvalue weighted by Gasteiger charge is -2.23. The molecular weight excluding hydrogens is 382 g/mol. The molecule has 0 aliphatic carbocycles. The number of carbonyl (C=O) groups excluding carboxylic acids is 2. The lowest BCUT2D eigenvalue weighted by molar-refractivity contribution is -0.138. The molecule has 0 aromatic heterocycles. The van der Waals surface area contributed by atoms with Gasteiger partial charge in [-0.15, -0.1) is 0 Å². The van der Waals surface area contributed by atoms with Crippen LogP contribution in [0.25, 0.3) is 0 Å². The fraction of sp³-hybridized carbons (Fsp3) is 0.176. The first-order valence-corrected chi connectivity index (χ1v) is 9.01. The van der Waals surface area contributed by atoms with Crippen LogP contribution < -0.4 is 9.62 Å². The summed E-state index contributed by atoms with van der Waals surface area (Å²) < 4.78 is 57.7. The van der Waals surface area contributed by atoms with Gasteiger partial charge in [0.1, 0.15) is 6.54 Å². The largest absolute Gasteiger partial charge is 0.468 e. The van der Waals surface area contributed by atoms with Gasteiger partial charge in [0, 0.05) is 18.7 Å². The highest BCUT2D eigenvalue weighted by atomic mass is 32.2. The number of nitrogens with one attached hydrogen (secondary N) is 1. The van der Waals surface area contributed by atoms with Crippen molar-refractivity contribution in [1.29, 1.82) is 0 Å². The standard InChI is InChI=1S/C17H16F2N2O5S/c1-11(22)20-12-3-6-14(7-4-12)27(24,25)21(10-17(23)26-2)13-5-8-15(18)16(19)9-13/h3-9H,10H2,1-2H3,(H,20,22). The van der Waals surface area contributed by atoms with Crippen LogP contribution in [-0.2, 0) is 24.3 Å². The Morgan fingerprint density at radius 1 is 1.07 bits per heavy atom. The van der Waals surface area contributed by atoms with E-state index in [0.29, 0.717) is 16.1 Å². The zero-order valence-corrected chi connectivity index (χ0v) is 15.2. The summed E-state index contributed by atoms with van der Waals surface area (Å²) in [5.74, 6) is -3.65. The van der Waals surface area contributed by atoms with Gasteiger partial charge in [-0.05, 0) is 36.4 Å². The van der Waals surface area contributed by atoms with Crippen LogP contribution in [0.5, 0.6) is 0 Å². The Balaban J connectivity index is 2.47. The minimum Gasteiger partial charge on any atom is -0.468 e. The van der Waals surface area contributed by atoms with Gasteiger partial charge in [0.15, 0.2) is 11.6 Å². The van der Waals surface area contributed by atoms with Crippen molar-refractivity contribution in [3.63, 3.8) is 0 Å². The molecule has 0 aliphatic heterocycles. The quantitative estimate of drug-likeness (QED) is 0.754. The maximum Gasteiger partial charge on any atom is 0.326 e. The zero-order chi connectivity index (χ0) is 20.2. The van der Waals surface area contributed by atoms with Gasteiger partial charge in [-0.1, -0.05) is 0 Å². The Morgan fingerprint density at radius 2 is 1.70 bits per heavy atom. The average Bonchev–Trinajstić information content (AvgIpc) is 2.61. The summed E-state index contributed by atoms with van der Waals surface area (Å²) in [5.41, 5.74) is 0.124. The molecule has 10 heteroatoms. The molecule has 2 rings (SSSR count). The van der Waals surface area contributed by atoms with E-state index >= 15 is 0 Å². The zero-order valence-electron chi connectivity index (χ0n) is 14.4.